The minimum absolute atomic E-state index is 0.180. The van der Waals surface area contributed by atoms with Gasteiger partial charge < -0.3 is 9.84 Å². The van der Waals surface area contributed by atoms with Crippen molar-refractivity contribution >= 4 is 5.97 Å². The SMILES string of the molecule is CCCCCCCCCCCC(O)CCCC(=O)OC. The van der Waals surface area contributed by atoms with Crippen LogP contribution in [0.25, 0.3) is 0 Å². The molecule has 20 heavy (non-hydrogen) atoms. The molecule has 0 heterocycles. The van der Waals surface area contributed by atoms with E-state index in [0.29, 0.717) is 12.8 Å². The number of carbonyl (C=O) groups excluding carboxylic acids is 1. The first-order chi connectivity index (χ1) is 9.70. The lowest BCUT2D eigenvalue weighted by Crippen LogP contribution is -2.08. The second-order valence-electron chi connectivity index (χ2n) is 5.74. The van der Waals surface area contributed by atoms with Crippen LogP contribution in [0.1, 0.15) is 90.4 Å². The van der Waals surface area contributed by atoms with E-state index in [9.17, 15) is 9.90 Å². The Morgan fingerprint density at radius 1 is 0.900 bits per heavy atom. The summed E-state index contributed by atoms with van der Waals surface area (Å²) in [5.41, 5.74) is 0. The highest BCUT2D eigenvalue weighted by molar-refractivity contribution is 5.68. The normalized spacial score (nSPS) is 12.3. The molecular weight excluding hydrogens is 252 g/mol. The summed E-state index contributed by atoms with van der Waals surface area (Å²) >= 11 is 0. The molecule has 0 fully saturated rings. The number of aliphatic hydroxyl groups is 1. The standard InChI is InChI=1S/C17H34O3/c1-3-4-5-6-7-8-9-10-11-13-16(18)14-12-15-17(19)20-2/h16,18H,3-15H2,1-2H3. The third-order valence-electron chi connectivity index (χ3n) is 3.79. The predicted molar refractivity (Wildman–Crippen MR) is 83.7 cm³/mol. The lowest BCUT2D eigenvalue weighted by atomic mass is 10.0. The van der Waals surface area contributed by atoms with Crippen molar-refractivity contribution in [3.8, 4) is 0 Å². The summed E-state index contributed by atoms with van der Waals surface area (Å²) in [4.78, 5) is 10.9. The Morgan fingerprint density at radius 2 is 1.40 bits per heavy atom. The number of ether oxygens (including phenoxy) is 1. The Kier molecular flexibility index (Phi) is 14.4. The third kappa shape index (κ3) is 13.9. The van der Waals surface area contributed by atoms with Gasteiger partial charge >= 0.3 is 5.97 Å². The molecule has 0 aromatic carbocycles. The Hall–Kier alpha value is -0.570. The van der Waals surface area contributed by atoms with Crippen molar-refractivity contribution in [3.05, 3.63) is 0 Å². The number of unbranched alkanes of at least 4 members (excludes halogenated alkanes) is 8. The van der Waals surface area contributed by atoms with Crippen LogP contribution in [0.2, 0.25) is 0 Å². The largest absolute Gasteiger partial charge is 0.469 e. The molecule has 0 bridgehead atoms. The molecule has 0 rings (SSSR count). The molecule has 1 atom stereocenters. The lowest BCUT2D eigenvalue weighted by Gasteiger charge is -2.09. The number of carbonyl (C=O) groups is 1. The van der Waals surface area contributed by atoms with Crippen LogP contribution < -0.4 is 0 Å². The van der Waals surface area contributed by atoms with Gasteiger partial charge in [0.25, 0.3) is 0 Å². The summed E-state index contributed by atoms with van der Waals surface area (Å²) in [6.45, 7) is 2.25. The van der Waals surface area contributed by atoms with Crippen LogP contribution in [-0.2, 0) is 9.53 Å². The van der Waals surface area contributed by atoms with Crippen molar-refractivity contribution in [3.63, 3.8) is 0 Å². The molecule has 120 valence electrons. The first-order valence-corrected chi connectivity index (χ1v) is 8.45. The number of aliphatic hydroxyl groups excluding tert-OH is 1. The zero-order valence-electron chi connectivity index (χ0n) is 13.5. The van der Waals surface area contributed by atoms with Crippen LogP contribution in [0.3, 0.4) is 0 Å². The maximum absolute atomic E-state index is 10.9. The first kappa shape index (κ1) is 19.4. The molecule has 0 amide bonds. The van der Waals surface area contributed by atoms with E-state index < -0.39 is 0 Å². The minimum Gasteiger partial charge on any atom is -0.469 e. The van der Waals surface area contributed by atoms with Gasteiger partial charge in [0, 0.05) is 6.42 Å². The number of methoxy groups -OCH3 is 1. The van der Waals surface area contributed by atoms with Crippen molar-refractivity contribution in [2.24, 2.45) is 0 Å². The number of hydrogen-bond acceptors (Lipinski definition) is 3. The Labute approximate surface area is 125 Å². The average Bonchev–Trinajstić information content (AvgIpc) is 2.45. The predicted octanol–water partition coefficient (Wildman–Crippen LogP) is 4.61. The zero-order valence-corrected chi connectivity index (χ0v) is 13.5. The fraction of sp³-hybridized carbons (Fsp3) is 0.941. The van der Waals surface area contributed by atoms with Gasteiger partial charge in [0.05, 0.1) is 13.2 Å². The summed E-state index contributed by atoms with van der Waals surface area (Å²) in [5, 5.41) is 9.78. The molecule has 0 aromatic rings. The highest BCUT2D eigenvalue weighted by Crippen LogP contribution is 2.13. The van der Waals surface area contributed by atoms with Crippen LogP contribution in [0.4, 0.5) is 0 Å². The van der Waals surface area contributed by atoms with E-state index in [1.807, 2.05) is 0 Å². The third-order valence-corrected chi connectivity index (χ3v) is 3.79. The quantitative estimate of drug-likeness (QED) is 0.374. The van der Waals surface area contributed by atoms with Gasteiger partial charge in [-0.1, -0.05) is 64.7 Å². The smallest absolute Gasteiger partial charge is 0.305 e. The van der Waals surface area contributed by atoms with E-state index in [-0.39, 0.29) is 12.1 Å². The van der Waals surface area contributed by atoms with E-state index in [1.54, 1.807) is 0 Å². The van der Waals surface area contributed by atoms with Gasteiger partial charge in [-0.25, -0.2) is 0 Å². The van der Waals surface area contributed by atoms with Crippen molar-refractivity contribution in [2.45, 2.75) is 96.5 Å². The van der Waals surface area contributed by atoms with Gasteiger partial charge in [-0.05, 0) is 19.3 Å². The van der Waals surface area contributed by atoms with E-state index in [0.717, 1.165) is 19.3 Å². The van der Waals surface area contributed by atoms with Crippen molar-refractivity contribution in [1.82, 2.24) is 0 Å². The highest BCUT2D eigenvalue weighted by atomic mass is 16.5. The molecule has 3 heteroatoms. The van der Waals surface area contributed by atoms with Gasteiger partial charge in [0.1, 0.15) is 0 Å². The molecule has 1 unspecified atom stereocenters. The average molecular weight is 286 g/mol. The molecular formula is C17H34O3. The summed E-state index contributed by atoms with van der Waals surface area (Å²) in [6, 6.07) is 0. The maximum atomic E-state index is 10.9. The lowest BCUT2D eigenvalue weighted by molar-refractivity contribution is -0.140. The second kappa shape index (κ2) is 14.8. The minimum atomic E-state index is -0.246. The van der Waals surface area contributed by atoms with Crippen LogP contribution in [0.5, 0.6) is 0 Å². The van der Waals surface area contributed by atoms with Gasteiger partial charge in [-0.15, -0.1) is 0 Å². The molecule has 3 nitrogen and oxygen atoms in total. The van der Waals surface area contributed by atoms with Crippen molar-refractivity contribution in [2.75, 3.05) is 7.11 Å². The highest BCUT2D eigenvalue weighted by Gasteiger charge is 2.06. The maximum Gasteiger partial charge on any atom is 0.305 e. The van der Waals surface area contributed by atoms with Crippen molar-refractivity contribution < 1.29 is 14.6 Å². The molecule has 0 radical (unpaired) electrons. The second-order valence-corrected chi connectivity index (χ2v) is 5.74. The number of rotatable bonds is 14. The van der Waals surface area contributed by atoms with Crippen molar-refractivity contribution in [1.29, 1.82) is 0 Å². The summed E-state index contributed by atoms with van der Waals surface area (Å²) < 4.78 is 4.57. The van der Waals surface area contributed by atoms with Crippen LogP contribution in [-0.4, -0.2) is 24.3 Å². The van der Waals surface area contributed by atoms with Crippen LogP contribution in [0, 0.1) is 0 Å². The molecule has 0 aliphatic heterocycles. The fourth-order valence-electron chi connectivity index (χ4n) is 2.42. The van der Waals surface area contributed by atoms with E-state index in [4.69, 9.17) is 0 Å². The molecule has 0 saturated heterocycles. The fourth-order valence-corrected chi connectivity index (χ4v) is 2.42. The molecule has 1 N–H and O–H groups in total. The molecule has 0 spiro atoms. The number of esters is 1. The Bertz CT molecular complexity index is 216. The molecule has 0 aliphatic rings. The molecule has 0 aromatic heterocycles. The topological polar surface area (TPSA) is 46.5 Å². The molecule has 0 saturated carbocycles. The summed E-state index contributed by atoms with van der Waals surface area (Å²) in [6.07, 6.45) is 14.3. The number of hydrogen-bond donors (Lipinski definition) is 1. The zero-order chi connectivity index (χ0) is 15.1. The van der Waals surface area contributed by atoms with Gasteiger partial charge in [0.2, 0.25) is 0 Å². The Morgan fingerprint density at radius 3 is 1.95 bits per heavy atom. The van der Waals surface area contributed by atoms with Gasteiger partial charge in [-0.3, -0.25) is 4.79 Å². The monoisotopic (exact) mass is 286 g/mol. The molecule has 0 aliphatic carbocycles. The summed E-state index contributed by atoms with van der Waals surface area (Å²) in [7, 11) is 1.40. The first-order valence-electron chi connectivity index (χ1n) is 8.45. The van der Waals surface area contributed by atoms with E-state index in [2.05, 4.69) is 11.7 Å². The van der Waals surface area contributed by atoms with Gasteiger partial charge in [-0.2, -0.15) is 0 Å². The van der Waals surface area contributed by atoms with Crippen LogP contribution >= 0.6 is 0 Å². The summed E-state index contributed by atoms with van der Waals surface area (Å²) in [5.74, 6) is -0.180. The Balaban J connectivity index is 3.19. The van der Waals surface area contributed by atoms with Gasteiger partial charge in [0.15, 0.2) is 0 Å². The van der Waals surface area contributed by atoms with E-state index >= 15 is 0 Å². The van der Waals surface area contributed by atoms with E-state index in [1.165, 1.54) is 58.5 Å². The van der Waals surface area contributed by atoms with Crippen LogP contribution in [0.15, 0.2) is 0 Å².